The fourth-order valence-corrected chi connectivity index (χ4v) is 8.81. The molecular formula is C53H33N5. The maximum Gasteiger partial charge on any atom is 0.164 e. The van der Waals surface area contributed by atoms with Crippen LogP contribution >= 0.6 is 0 Å². The molecule has 4 aromatic heterocycles. The van der Waals surface area contributed by atoms with Crippen LogP contribution in [-0.4, -0.2) is 23.9 Å². The van der Waals surface area contributed by atoms with E-state index in [9.17, 15) is 0 Å². The highest BCUT2D eigenvalue weighted by atomic mass is 15.0. The lowest BCUT2D eigenvalue weighted by Gasteiger charge is -2.13. The van der Waals surface area contributed by atoms with E-state index in [1.807, 2.05) is 60.7 Å². The van der Waals surface area contributed by atoms with Crippen molar-refractivity contribution >= 4 is 59.9 Å². The topological polar surface area (TPSA) is 48.0 Å². The first kappa shape index (κ1) is 32.4. The molecule has 0 unspecified atom stereocenters. The Hall–Kier alpha value is -7.89. The highest BCUT2D eigenvalue weighted by Crippen LogP contribution is 2.41. The zero-order chi connectivity index (χ0) is 38.2. The molecule has 0 saturated carbocycles. The average Bonchev–Trinajstić information content (AvgIpc) is 3.85. The summed E-state index contributed by atoms with van der Waals surface area (Å²) in [6, 6.07) is 71.1. The molecule has 0 atom stereocenters. The molecule has 0 radical (unpaired) electrons. The van der Waals surface area contributed by atoms with E-state index in [1.165, 1.54) is 59.9 Å². The molecule has 12 aromatic rings. The summed E-state index contributed by atoms with van der Waals surface area (Å²) < 4.78 is 4.86. The van der Waals surface area contributed by atoms with Crippen molar-refractivity contribution in [1.82, 2.24) is 23.9 Å². The van der Waals surface area contributed by atoms with Gasteiger partial charge in [-0.15, -0.1) is 0 Å². The predicted octanol–water partition coefficient (Wildman–Crippen LogP) is 13.3. The van der Waals surface area contributed by atoms with Crippen molar-refractivity contribution in [1.29, 1.82) is 0 Å². The molecule has 0 aliphatic carbocycles. The van der Waals surface area contributed by atoms with E-state index in [4.69, 9.17) is 15.0 Å². The van der Waals surface area contributed by atoms with Gasteiger partial charge < -0.3 is 8.97 Å². The summed E-state index contributed by atoms with van der Waals surface area (Å²) in [5.74, 6) is 1.95. The number of hydrogen-bond donors (Lipinski definition) is 0. The van der Waals surface area contributed by atoms with E-state index in [-0.39, 0.29) is 0 Å². The Labute approximate surface area is 333 Å². The summed E-state index contributed by atoms with van der Waals surface area (Å²) in [6.45, 7) is 0. The fraction of sp³-hybridized carbons (Fsp3) is 0. The van der Waals surface area contributed by atoms with E-state index >= 15 is 0 Å². The lowest BCUT2D eigenvalue weighted by Crippen LogP contribution is -2.00. The Morgan fingerprint density at radius 1 is 0.276 bits per heavy atom. The maximum atomic E-state index is 4.95. The summed E-state index contributed by atoms with van der Waals surface area (Å²) >= 11 is 0. The second-order valence-corrected chi connectivity index (χ2v) is 14.9. The summed E-state index contributed by atoms with van der Waals surface area (Å²) in [5.41, 5.74) is 12.2. The zero-order valence-corrected chi connectivity index (χ0v) is 31.3. The fourth-order valence-electron chi connectivity index (χ4n) is 8.81. The molecular weight excluding hydrogens is 707 g/mol. The first-order chi connectivity index (χ1) is 28.7. The summed E-state index contributed by atoms with van der Waals surface area (Å²) in [5, 5.41) is 7.46. The van der Waals surface area contributed by atoms with Crippen LogP contribution in [0, 0.1) is 0 Å². The highest BCUT2D eigenvalue weighted by molar-refractivity contribution is 6.22. The molecule has 8 aromatic carbocycles. The minimum atomic E-state index is 0.642. The SMILES string of the molecule is c1ccc(-c2nc(-c3ccccc3)nc(-c3ccc(-c4cccc(-n5c6ccccc6c6cc7c(cc65)c5ccccc5n5c6ccccc6cc75)c4)cc3)n2)cc1. The smallest absolute Gasteiger partial charge is 0.164 e. The van der Waals surface area contributed by atoms with E-state index in [0.29, 0.717) is 17.5 Å². The molecule has 0 aliphatic rings. The largest absolute Gasteiger partial charge is 0.309 e. The first-order valence-corrected chi connectivity index (χ1v) is 19.6. The molecule has 5 heteroatoms. The number of fused-ring (bicyclic) bond motifs is 11. The van der Waals surface area contributed by atoms with Gasteiger partial charge in [0.25, 0.3) is 0 Å². The monoisotopic (exact) mass is 739 g/mol. The Morgan fingerprint density at radius 2 is 0.793 bits per heavy atom. The molecule has 5 nitrogen and oxygen atoms in total. The average molecular weight is 740 g/mol. The first-order valence-electron chi connectivity index (χ1n) is 19.6. The van der Waals surface area contributed by atoms with Gasteiger partial charge in [-0.2, -0.15) is 0 Å². The Morgan fingerprint density at radius 3 is 1.48 bits per heavy atom. The zero-order valence-electron chi connectivity index (χ0n) is 31.3. The van der Waals surface area contributed by atoms with Crippen LogP contribution in [0.2, 0.25) is 0 Å². The molecule has 58 heavy (non-hydrogen) atoms. The quantitative estimate of drug-likeness (QED) is 0.165. The molecule has 0 amide bonds. The Balaban J connectivity index is 0.998. The van der Waals surface area contributed by atoms with Crippen LogP contribution in [0.5, 0.6) is 0 Å². The van der Waals surface area contributed by atoms with Crippen LogP contribution in [0.1, 0.15) is 0 Å². The molecule has 0 N–H and O–H groups in total. The van der Waals surface area contributed by atoms with Crippen molar-refractivity contribution in [3.05, 3.63) is 200 Å². The van der Waals surface area contributed by atoms with Crippen LogP contribution in [0.3, 0.4) is 0 Å². The van der Waals surface area contributed by atoms with Crippen LogP contribution < -0.4 is 0 Å². The van der Waals surface area contributed by atoms with E-state index in [0.717, 1.165) is 33.5 Å². The molecule has 0 saturated heterocycles. The van der Waals surface area contributed by atoms with Crippen LogP contribution in [0.25, 0.3) is 111 Å². The molecule has 0 aliphatic heterocycles. The van der Waals surface area contributed by atoms with Gasteiger partial charge in [0.15, 0.2) is 17.5 Å². The molecule has 0 fully saturated rings. The van der Waals surface area contributed by atoms with Crippen molar-refractivity contribution in [2.24, 2.45) is 0 Å². The summed E-state index contributed by atoms with van der Waals surface area (Å²) in [7, 11) is 0. The van der Waals surface area contributed by atoms with Gasteiger partial charge in [0, 0.05) is 49.3 Å². The van der Waals surface area contributed by atoms with Crippen LogP contribution in [-0.2, 0) is 0 Å². The van der Waals surface area contributed by atoms with Gasteiger partial charge in [0.05, 0.1) is 27.6 Å². The van der Waals surface area contributed by atoms with Crippen molar-refractivity contribution in [2.45, 2.75) is 0 Å². The van der Waals surface area contributed by atoms with Crippen molar-refractivity contribution in [3.63, 3.8) is 0 Å². The van der Waals surface area contributed by atoms with E-state index in [1.54, 1.807) is 0 Å². The van der Waals surface area contributed by atoms with Gasteiger partial charge in [-0.25, -0.2) is 15.0 Å². The Kier molecular flexibility index (Phi) is 7.16. The third-order valence-corrected chi connectivity index (χ3v) is 11.5. The minimum Gasteiger partial charge on any atom is -0.309 e. The van der Waals surface area contributed by atoms with Crippen molar-refractivity contribution < 1.29 is 0 Å². The second-order valence-electron chi connectivity index (χ2n) is 14.9. The Bertz CT molecular complexity index is 3490. The number of rotatable bonds is 5. The van der Waals surface area contributed by atoms with E-state index < -0.39 is 0 Å². The minimum absolute atomic E-state index is 0.642. The number of hydrogen-bond acceptors (Lipinski definition) is 3. The van der Waals surface area contributed by atoms with Crippen LogP contribution in [0.15, 0.2) is 200 Å². The van der Waals surface area contributed by atoms with Crippen molar-refractivity contribution in [3.8, 4) is 51.0 Å². The molecule has 270 valence electrons. The summed E-state index contributed by atoms with van der Waals surface area (Å²) in [6.07, 6.45) is 0. The van der Waals surface area contributed by atoms with E-state index in [2.05, 4.69) is 148 Å². The molecule has 0 bridgehead atoms. The third kappa shape index (κ3) is 5.07. The number of pyridine rings is 1. The van der Waals surface area contributed by atoms with Gasteiger partial charge in [-0.1, -0.05) is 152 Å². The number of nitrogens with zero attached hydrogens (tertiary/aromatic N) is 5. The van der Waals surface area contributed by atoms with Crippen LogP contribution in [0.4, 0.5) is 0 Å². The van der Waals surface area contributed by atoms with Crippen molar-refractivity contribution in [2.75, 3.05) is 0 Å². The number of aromatic nitrogens is 5. The summed E-state index contributed by atoms with van der Waals surface area (Å²) in [4.78, 5) is 14.8. The molecule has 0 spiro atoms. The number of para-hydroxylation sites is 3. The van der Waals surface area contributed by atoms with Gasteiger partial charge in [-0.05, 0) is 65.0 Å². The lowest BCUT2D eigenvalue weighted by molar-refractivity contribution is 1.07. The van der Waals surface area contributed by atoms with Gasteiger partial charge in [0.2, 0.25) is 0 Å². The third-order valence-electron chi connectivity index (χ3n) is 11.5. The standard InChI is InChI=1S/C53H33N5/c1-3-14-35(15-4-1)51-54-52(36-16-5-2-6-17-36)56-53(55-51)37-28-26-34(27-29-37)38-19-13-20-40(30-38)57-47-24-11-9-22-42(47)44-32-45-43(33-50(44)57)41-21-8-12-25-48(41)58-46-23-10-7-18-39(46)31-49(45)58/h1-33H. The second kappa shape index (κ2) is 12.8. The number of benzene rings is 8. The van der Waals surface area contributed by atoms with Gasteiger partial charge in [-0.3, -0.25) is 0 Å². The normalized spacial score (nSPS) is 11.8. The van der Waals surface area contributed by atoms with Gasteiger partial charge >= 0.3 is 0 Å². The predicted molar refractivity (Wildman–Crippen MR) is 239 cm³/mol. The highest BCUT2D eigenvalue weighted by Gasteiger charge is 2.18. The lowest BCUT2D eigenvalue weighted by atomic mass is 10.0. The van der Waals surface area contributed by atoms with Gasteiger partial charge in [0.1, 0.15) is 0 Å². The maximum absolute atomic E-state index is 4.95. The molecule has 4 heterocycles. The molecule has 12 rings (SSSR count).